The number of benzene rings is 7. The van der Waals surface area contributed by atoms with Crippen molar-refractivity contribution in [1.29, 1.82) is 0 Å². The molecule has 57 heavy (non-hydrogen) atoms. The Bertz CT molecular complexity index is 2910. The van der Waals surface area contributed by atoms with Crippen LogP contribution in [0.1, 0.15) is 0 Å². The summed E-state index contributed by atoms with van der Waals surface area (Å²) in [5, 5.41) is 9.52. The van der Waals surface area contributed by atoms with Gasteiger partial charge in [0.2, 0.25) is 14.0 Å². The molecule has 0 fully saturated rings. The lowest BCUT2D eigenvalue weighted by molar-refractivity contribution is 0.950. The van der Waals surface area contributed by atoms with Gasteiger partial charge in [-0.3, -0.25) is 14.1 Å². The fourth-order valence-electron chi connectivity index (χ4n) is 8.87. The lowest BCUT2D eigenvalue weighted by atomic mass is 10.2. The molecule has 0 bridgehead atoms. The van der Waals surface area contributed by atoms with Crippen LogP contribution in [0.3, 0.4) is 0 Å². The molecule has 0 atom stereocenters. The number of hydrogen-bond donors (Lipinski definition) is 0. The van der Waals surface area contributed by atoms with E-state index < -0.39 is 8.07 Å². The van der Waals surface area contributed by atoms with Gasteiger partial charge in [0, 0.05) is 32.9 Å². The fourth-order valence-corrected chi connectivity index (χ4v) is 13.5. The number of hydrogen-bond acceptors (Lipinski definition) is 3. The summed E-state index contributed by atoms with van der Waals surface area (Å²) in [5.41, 5.74) is 5.81. The Morgan fingerprint density at radius 3 is 1.18 bits per heavy atom. The zero-order chi connectivity index (χ0) is 37.8. The first-order chi connectivity index (χ1) is 28.3. The summed E-state index contributed by atoms with van der Waals surface area (Å²) in [7, 11) is -2.91. The van der Waals surface area contributed by atoms with Crippen LogP contribution in [0, 0.1) is 0 Å². The van der Waals surface area contributed by atoms with Crippen LogP contribution in [0.25, 0.3) is 66.8 Å². The minimum Gasteiger partial charge on any atom is -0.294 e. The fraction of sp³-hybridized carbons (Fsp3) is 0. The number of aromatic nitrogens is 5. The summed E-state index contributed by atoms with van der Waals surface area (Å²) in [6, 6.07) is 75.5. The molecule has 0 N–H and O–H groups in total. The second-order valence-corrected chi connectivity index (χ2v) is 18.2. The molecule has 0 aliphatic carbocycles. The van der Waals surface area contributed by atoms with E-state index in [9.17, 15) is 0 Å². The Morgan fingerprint density at radius 2 is 0.719 bits per heavy atom. The molecule has 11 aromatic rings. The van der Waals surface area contributed by atoms with Crippen molar-refractivity contribution in [3.05, 3.63) is 212 Å². The predicted octanol–water partition coefficient (Wildman–Crippen LogP) is 9.11. The van der Waals surface area contributed by atoms with E-state index in [4.69, 9.17) is 15.0 Å². The highest BCUT2D eigenvalue weighted by atomic mass is 28.3. The second kappa shape index (κ2) is 13.4. The first-order valence-corrected chi connectivity index (χ1v) is 21.3. The lowest BCUT2D eigenvalue weighted by Gasteiger charge is -2.33. The molecule has 268 valence electrons. The molecule has 5 nitrogen and oxygen atoms in total. The topological polar surface area (TPSA) is 48.5 Å². The zero-order valence-corrected chi connectivity index (χ0v) is 31.9. The molecule has 0 saturated carbocycles. The highest BCUT2D eigenvalue weighted by Crippen LogP contribution is 2.35. The van der Waals surface area contributed by atoms with Gasteiger partial charge in [0.1, 0.15) is 5.82 Å². The summed E-state index contributed by atoms with van der Waals surface area (Å²) in [6.45, 7) is 0. The molecule has 0 unspecified atom stereocenters. The van der Waals surface area contributed by atoms with Gasteiger partial charge < -0.3 is 0 Å². The smallest absolute Gasteiger partial charge is 0.237 e. The molecule has 0 aliphatic rings. The second-order valence-electron chi connectivity index (χ2n) is 14.4. The monoisotopic (exact) mass is 745 g/mol. The summed E-state index contributed by atoms with van der Waals surface area (Å²) in [4.78, 5) is 16.6. The Kier molecular flexibility index (Phi) is 7.76. The van der Waals surface area contributed by atoms with E-state index in [0.29, 0.717) is 5.95 Å². The van der Waals surface area contributed by atoms with Crippen LogP contribution in [0.15, 0.2) is 212 Å². The molecule has 11 rings (SSSR count). The van der Waals surface area contributed by atoms with Crippen LogP contribution in [-0.4, -0.2) is 32.2 Å². The van der Waals surface area contributed by atoms with Crippen LogP contribution in [0.4, 0.5) is 0 Å². The average molecular weight is 746 g/mol. The first kappa shape index (κ1) is 33.0. The van der Waals surface area contributed by atoms with Crippen molar-refractivity contribution in [3.8, 4) is 23.2 Å². The van der Waals surface area contributed by atoms with E-state index in [1.54, 1.807) is 0 Å². The van der Waals surface area contributed by atoms with Gasteiger partial charge in [-0.25, -0.2) is 4.98 Å². The Balaban J connectivity index is 1.22. The molecule has 7 aromatic carbocycles. The minimum atomic E-state index is -2.91. The van der Waals surface area contributed by atoms with Crippen molar-refractivity contribution < 1.29 is 0 Å². The number of para-hydroxylation sites is 4. The lowest BCUT2D eigenvalue weighted by Crippen LogP contribution is -2.75. The standard InChI is InChI=1S/C51H35N5Si/c1-4-19-36(20-5-1)57(37-21-6-2-7-22-37,38-23-8-3-9-24-38)50-34-18-29-43(52-50)44-35-49(55-45-30-14-10-25-39(45)40-26-11-15-31-46(40)55)54-51(53-44)56-47-32-16-12-27-41(47)42-28-13-17-33-48(42)56/h1-35H. The van der Waals surface area contributed by atoms with E-state index in [0.717, 1.165) is 55.4 Å². The van der Waals surface area contributed by atoms with E-state index in [2.05, 4.69) is 221 Å². The van der Waals surface area contributed by atoms with Crippen molar-refractivity contribution in [2.75, 3.05) is 0 Å². The largest absolute Gasteiger partial charge is 0.294 e. The van der Waals surface area contributed by atoms with Crippen LogP contribution in [0.5, 0.6) is 0 Å². The molecule has 6 heteroatoms. The maximum Gasteiger partial charge on any atom is 0.237 e. The third-order valence-corrected chi connectivity index (χ3v) is 16.0. The van der Waals surface area contributed by atoms with Gasteiger partial charge in [-0.05, 0) is 52.0 Å². The number of fused-ring (bicyclic) bond motifs is 6. The molecular formula is C51H35N5Si. The highest BCUT2D eigenvalue weighted by Gasteiger charge is 2.43. The number of rotatable bonds is 7. The summed E-state index contributed by atoms with van der Waals surface area (Å²) in [5.74, 6) is 1.37. The van der Waals surface area contributed by atoms with Gasteiger partial charge >= 0.3 is 0 Å². The third-order valence-electron chi connectivity index (χ3n) is 11.3. The van der Waals surface area contributed by atoms with Gasteiger partial charge in [0.05, 0.1) is 33.5 Å². The maximum atomic E-state index is 5.69. The molecule has 4 heterocycles. The van der Waals surface area contributed by atoms with Crippen molar-refractivity contribution in [3.63, 3.8) is 0 Å². The van der Waals surface area contributed by atoms with Crippen LogP contribution in [-0.2, 0) is 0 Å². The molecule has 0 amide bonds. The Labute approximate surface area is 330 Å². The van der Waals surface area contributed by atoms with Crippen LogP contribution < -0.4 is 20.9 Å². The van der Waals surface area contributed by atoms with Crippen LogP contribution >= 0.6 is 0 Å². The van der Waals surface area contributed by atoms with Gasteiger partial charge in [-0.1, -0.05) is 170 Å². The normalized spacial score (nSPS) is 11.9. The molecule has 0 radical (unpaired) electrons. The van der Waals surface area contributed by atoms with Gasteiger partial charge in [0.25, 0.3) is 0 Å². The van der Waals surface area contributed by atoms with Crippen molar-refractivity contribution in [1.82, 2.24) is 24.1 Å². The zero-order valence-electron chi connectivity index (χ0n) is 30.9. The summed E-state index contributed by atoms with van der Waals surface area (Å²) in [6.07, 6.45) is 0. The molecule has 4 aromatic heterocycles. The summed E-state index contributed by atoms with van der Waals surface area (Å²) >= 11 is 0. The third kappa shape index (κ3) is 5.19. The maximum absolute atomic E-state index is 5.69. The van der Waals surface area contributed by atoms with E-state index in [-0.39, 0.29) is 0 Å². The molecular weight excluding hydrogens is 711 g/mol. The first-order valence-electron chi connectivity index (χ1n) is 19.3. The SMILES string of the molecule is c1ccc([Si](c2ccccc2)(c2ccccc2)c2cccc(-c3cc(-n4c5ccccc5c5ccccc54)nc(-n4c5ccccc5c5ccccc54)n3)n2)cc1. The van der Waals surface area contributed by atoms with Gasteiger partial charge in [-0.2, -0.15) is 4.98 Å². The Morgan fingerprint density at radius 1 is 0.316 bits per heavy atom. The molecule has 0 spiro atoms. The van der Waals surface area contributed by atoms with Gasteiger partial charge in [0.15, 0.2) is 0 Å². The van der Waals surface area contributed by atoms with E-state index >= 15 is 0 Å². The van der Waals surface area contributed by atoms with Crippen molar-refractivity contribution in [2.24, 2.45) is 0 Å². The predicted molar refractivity (Wildman–Crippen MR) is 238 cm³/mol. The summed E-state index contributed by atoms with van der Waals surface area (Å²) < 4.78 is 4.47. The van der Waals surface area contributed by atoms with Crippen LogP contribution in [0.2, 0.25) is 0 Å². The van der Waals surface area contributed by atoms with Gasteiger partial charge in [-0.15, -0.1) is 0 Å². The quantitative estimate of drug-likeness (QED) is 0.121. The minimum absolute atomic E-state index is 0.589. The Hall–Kier alpha value is -7.41. The number of pyridine rings is 1. The van der Waals surface area contributed by atoms with Crippen molar-refractivity contribution in [2.45, 2.75) is 0 Å². The molecule has 0 saturated heterocycles. The number of nitrogens with zero attached hydrogens (tertiary/aromatic N) is 5. The highest BCUT2D eigenvalue weighted by molar-refractivity contribution is 7.19. The average Bonchev–Trinajstić information content (AvgIpc) is 3.81. The molecule has 0 aliphatic heterocycles. The van der Waals surface area contributed by atoms with Crippen molar-refractivity contribution >= 4 is 72.6 Å². The van der Waals surface area contributed by atoms with E-state index in [1.807, 2.05) is 0 Å². The van der Waals surface area contributed by atoms with E-state index in [1.165, 1.54) is 26.3 Å².